The Morgan fingerprint density at radius 3 is 2.68 bits per heavy atom. The van der Waals surface area contributed by atoms with Gasteiger partial charge in [0.2, 0.25) is 0 Å². The summed E-state index contributed by atoms with van der Waals surface area (Å²) in [5.74, 6) is -0.128. The van der Waals surface area contributed by atoms with E-state index in [2.05, 4.69) is 5.32 Å². The lowest BCUT2D eigenvalue weighted by molar-refractivity contribution is -0.384. The number of rotatable bonds is 5. The highest BCUT2D eigenvalue weighted by atomic mass is 35.5. The van der Waals surface area contributed by atoms with E-state index in [-0.39, 0.29) is 17.3 Å². The van der Waals surface area contributed by atoms with Crippen LogP contribution in [0.25, 0.3) is 0 Å². The molecule has 0 unspecified atom stereocenters. The van der Waals surface area contributed by atoms with Crippen molar-refractivity contribution < 1.29 is 14.5 Å². The number of hydrogen-bond donors (Lipinski definition) is 1. The number of hydrogen-bond acceptors (Lipinski definition) is 4. The number of nitro groups is 1. The molecule has 0 fully saturated rings. The third kappa shape index (κ3) is 4.20. The molecule has 7 heteroatoms. The SMILES string of the molecule is C[C@@H](Oc1cccc([N+](=O)[O-])c1)C(=O)Nc1cccc(Cl)c1. The third-order valence-corrected chi connectivity index (χ3v) is 3.04. The summed E-state index contributed by atoms with van der Waals surface area (Å²) >= 11 is 5.84. The van der Waals surface area contributed by atoms with Crippen LogP contribution in [0.15, 0.2) is 48.5 Å². The summed E-state index contributed by atoms with van der Waals surface area (Å²) in [7, 11) is 0. The van der Waals surface area contributed by atoms with E-state index in [1.54, 1.807) is 37.3 Å². The molecule has 0 aromatic heterocycles. The maximum Gasteiger partial charge on any atom is 0.273 e. The molecule has 22 heavy (non-hydrogen) atoms. The minimum absolute atomic E-state index is 0.0973. The predicted octanol–water partition coefficient (Wildman–Crippen LogP) is 3.65. The number of benzene rings is 2. The van der Waals surface area contributed by atoms with E-state index < -0.39 is 11.0 Å². The molecule has 0 heterocycles. The molecule has 6 nitrogen and oxygen atoms in total. The lowest BCUT2D eigenvalue weighted by Crippen LogP contribution is -2.30. The summed E-state index contributed by atoms with van der Waals surface area (Å²) < 4.78 is 5.42. The Morgan fingerprint density at radius 2 is 2.00 bits per heavy atom. The van der Waals surface area contributed by atoms with Crippen LogP contribution in [0.3, 0.4) is 0 Å². The number of carbonyl (C=O) groups excluding carboxylic acids is 1. The Bertz CT molecular complexity index is 705. The van der Waals surface area contributed by atoms with E-state index in [1.807, 2.05) is 0 Å². The number of carbonyl (C=O) groups is 1. The molecule has 1 atom stereocenters. The van der Waals surface area contributed by atoms with Crippen LogP contribution in [0.1, 0.15) is 6.92 Å². The Morgan fingerprint density at radius 1 is 1.27 bits per heavy atom. The van der Waals surface area contributed by atoms with E-state index in [4.69, 9.17) is 16.3 Å². The monoisotopic (exact) mass is 320 g/mol. The lowest BCUT2D eigenvalue weighted by atomic mass is 10.3. The highest BCUT2D eigenvalue weighted by molar-refractivity contribution is 6.30. The number of nitrogens with one attached hydrogen (secondary N) is 1. The van der Waals surface area contributed by atoms with Crippen LogP contribution in [0, 0.1) is 10.1 Å². The number of amides is 1. The van der Waals surface area contributed by atoms with Crippen molar-refractivity contribution in [2.45, 2.75) is 13.0 Å². The van der Waals surface area contributed by atoms with E-state index >= 15 is 0 Å². The van der Waals surface area contributed by atoms with Crippen molar-refractivity contribution in [3.05, 3.63) is 63.7 Å². The Balaban J connectivity index is 2.02. The van der Waals surface area contributed by atoms with Crippen molar-refractivity contribution in [2.75, 3.05) is 5.32 Å². The summed E-state index contributed by atoms with van der Waals surface area (Å²) in [6, 6.07) is 12.4. The number of ether oxygens (including phenoxy) is 1. The van der Waals surface area contributed by atoms with Gasteiger partial charge in [-0.3, -0.25) is 14.9 Å². The lowest BCUT2D eigenvalue weighted by Gasteiger charge is -2.14. The smallest absolute Gasteiger partial charge is 0.273 e. The van der Waals surface area contributed by atoms with Gasteiger partial charge in [-0.25, -0.2) is 0 Å². The highest BCUT2D eigenvalue weighted by Crippen LogP contribution is 2.21. The van der Waals surface area contributed by atoms with Crippen molar-refractivity contribution in [1.82, 2.24) is 0 Å². The van der Waals surface area contributed by atoms with Gasteiger partial charge < -0.3 is 10.1 Å². The maximum absolute atomic E-state index is 12.0. The van der Waals surface area contributed by atoms with Gasteiger partial charge in [-0.15, -0.1) is 0 Å². The van der Waals surface area contributed by atoms with Crippen molar-refractivity contribution in [3.63, 3.8) is 0 Å². The molecule has 2 aromatic rings. The Hall–Kier alpha value is -2.60. The number of nitro benzene ring substituents is 1. The molecular weight excluding hydrogens is 308 g/mol. The first-order valence-corrected chi connectivity index (χ1v) is 6.81. The van der Waals surface area contributed by atoms with Crippen LogP contribution in [-0.4, -0.2) is 16.9 Å². The third-order valence-electron chi connectivity index (χ3n) is 2.80. The van der Waals surface area contributed by atoms with Crippen LogP contribution in [0.5, 0.6) is 5.75 Å². The first-order valence-electron chi connectivity index (χ1n) is 6.43. The Labute approximate surface area is 131 Å². The fourth-order valence-electron chi connectivity index (χ4n) is 1.74. The van der Waals surface area contributed by atoms with Gasteiger partial charge in [0.05, 0.1) is 11.0 Å². The van der Waals surface area contributed by atoms with Gasteiger partial charge in [0.1, 0.15) is 5.75 Å². The van der Waals surface area contributed by atoms with Crippen LogP contribution >= 0.6 is 11.6 Å². The van der Waals surface area contributed by atoms with Gasteiger partial charge in [-0.2, -0.15) is 0 Å². The molecule has 0 spiro atoms. The van der Waals surface area contributed by atoms with Crippen LogP contribution in [-0.2, 0) is 4.79 Å². The Kier molecular flexibility index (Phi) is 4.95. The van der Waals surface area contributed by atoms with Crippen LogP contribution < -0.4 is 10.1 Å². The maximum atomic E-state index is 12.0. The minimum Gasteiger partial charge on any atom is -0.481 e. The van der Waals surface area contributed by atoms with E-state index in [0.717, 1.165) is 0 Å². The molecule has 0 aliphatic rings. The average molecular weight is 321 g/mol. The van der Waals surface area contributed by atoms with Crippen LogP contribution in [0.2, 0.25) is 5.02 Å². The fourth-order valence-corrected chi connectivity index (χ4v) is 1.93. The van der Waals surface area contributed by atoms with Gasteiger partial charge in [0.25, 0.3) is 11.6 Å². The number of non-ortho nitro benzene ring substituents is 1. The molecule has 2 aromatic carbocycles. The predicted molar refractivity (Wildman–Crippen MR) is 83.3 cm³/mol. The van der Waals surface area contributed by atoms with Gasteiger partial charge in [0, 0.05) is 16.8 Å². The summed E-state index contributed by atoms with van der Waals surface area (Å²) in [4.78, 5) is 22.2. The quantitative estimate of drug-likeness (QED) is 0.673. The van der Waals surface area contributed by atoms with Crippen molar-refractivity contribution >= 4 is 28.9 Å². The van der Waals surface area contributed by atoms with Gasteiger partial charge in [-0.05, 0) is 31.2 Å². The summed E-state index contributed by atoms with van der Waals surface area (Å²) in [6.07, 6.45) is -0.819. The normalized spacial score (nSPS) is 11.5. The van der Waals surface area contributed by atoms with Gasteiger partial charge in [0.15, 0.2) is 6.10 Å². The van der Waals surface area contributed by atoms with E-state index in [0.29, 0.717) is 10.7 Å². The zero-order valence-electron chi connectivity index (χ0n) is 11.7. The van der Waals surface area contributed by atoms with Crippen molar-refractivity contribution in [3.8, 4) is 5.75 Å². The summed E-state index contributed by atoms with van der Waals surface area (Å²) in [5.41, 5.74) is 0.451. The number of halogens is 1. The topological polar surface area (TPSA) is 81.5 Å². The molecule has 2 rings (SSSR count). The molecule has 0 saturated heterocycles. The molecule has 0 aliphatic heterocycles. The molecule has 0 aliphatic carbocycles. The first-order chi connectivity index (χ1) is 10.5. The first kappa shape index (κ1) is 15.8. The number of anilines is 1. The van der Waals surface area contributed by atoms with Crippen LogP contribution in [0.4, 0.5) is 11.4 Å². The molecule has 0 saturated carbocycles. The zero-order valence-corrected chi connectivity index (χ0v) is 12.4. The molecule has 1 N–H and O–H groups in total. The van der Waals surface area contributed by atoms with Gasteiger partial charge in [-0.1, -0.05) is 23.7 Å². The average Bonchev–Trinajstić information content (AvgIpc) is 2.47. The standard InChI is InChI=1S/C15H13ClN2O4/c1-10(15(19)17-12-5-2-4-11(16)8-12)22-14-7-3-6-13(9-14)18(20)21/h2-10H,1H3,(H,17,19)/t10-/m1/s1. The summed E-state index contributed by atoms with van der Waals surface area (Å²) in [6.45, 7) is 1.55. The van der Waals surface area contributed by atoms with Gasteiger partial charge >= 0.3 is 0 Å². The second kappa shape index (κ2) is 6.91. The fraction of sp³-hybridized carbons (Fsp3) is 0.133. The largest absolute Gasteiger partial charge is 0.481 e. The second-order valence-electron chi connectivity index (χ2n) is 4.51. The van der Waals surface area contributed by atoms with E-state index in [1.165, 1.54) is 18.2 Å². The molecular formula is C15H13ClN2O4. The highest BCUT2D eigenvalue weighted by Gasteiger charge is 2.16. The van der Waals surface area contributed by atoms with Crippen molar-refractivity contribution in [2.24, 2.45) is 0 Å². The second-order valence-corrected chi connectivity index (χ2v) is 4.95. The summed E-state index contributed by atoms with van der Waals surface area (Å²) in [5, 5.41) is 13.9. The van der Waals surface area contributed by atoms with Crippen molar-refractivity contribution in [1.29, 1.82) is 0 Å². The molecule has 114 valence electrons. The molecule has 0 radical (unpaired) electrons. The molecule has 1 amide bonds. The number of nitrogens with zero attached hydrogens (tertiary/aromatic N) is 1. The minimum atomic E-state index is -0.819. The molecule has 0 bridgehead atoms. The van der Waals surface area contributed by atoms with E-state index in [9.17, 15) is 14.9 Å². The zero-order chi connectivity index (χ0) is 16.1.